The molecule has 2 aromatic heterocycles. The van der Waals surface area contributed by atoms with Gasteiger partial charge in [-0.05, 0) is 36.8 Å². The first-order valence-electron chi connectivity index (χ1n) is 8.91. The molecular formula is C20H23FN4O2. The summed E-state index contributed by atoms with van der Waals surface area (Å²) >= 11 is 0. The molecule has 0 radical (unpaired) electrons. The van der Waals surface area contributed by atoms with Crippen molar-refractivity contribution in [1.82, 2.24) is 14.7 Å². The summed E-state index contributed by atoms with van der Waals surface area (Å²) in [5.41, 5.74) is 2.36. The highest BCUT2D eigenvalue weighted by Crippen LogP contribution is 2.21. The second kappa shape index (κ2) is 8.53. The lowest BCUT2D eigenvalue weighted by Crippen LogP contribution is -2.31. The molecule has 0 saturated carbocycles. The number of halogens is 1. The first kappa shape index (κ1) is 18.7. The Labute approximate surface area is 157 Å². The average molecular weight is 370 g/mol. The maximum atomic E-state index is 13.6. The Balaban J connectivity index is 1.70. The summed E-state index contributed by atoms with van der Waals surface area (Å²) in [6, 6.07) is 9.93. The lowest BCUT2D eigenvalue weighted by molar-refractivity contribution is -0.128. The van der Waals surface area contributed by atoms with Gasteiger partial charge in [0.1, 0.15) is 11.6 Å². The Morgan fingerprint density at radius 2 is 2.19 bits per heavy atom. The summed E-state index contributed by atoms with van der Waals surface area (Å²) < 4.78 is 20.5. The van der Waals surface area contributed by atoms with E-state index >= 15 is 0 Å². The predicted octanol–water partition coefficient (Wildman–Crippen LogP) is 3.63. The van der Waals surface area contributed by atoms with E-state index in [1.807, 2.05) is 6.07 Å². The summed E-state index contributed by atoms with van der Waals surface area (Å²) in [6.45, 7) is 2.62. The van der Waals surface area contributed by atoms with Gasteiger partial charge >= 0.3 is 0 Å². The minimum absolute atomic E-state index is 0.0626. The van der Waals surface area contributed by atoms with Gasteiger partial charge in [-0.3, -0.25) is 4.79 Å². The third-order valence-electron chi connectivity index (χ3n) is 4.24. The number of nitrogens with zero attached hydrogens (tertiary/aromatic N) is 3. The smallest absolute Gasteiger partial charge is 0.242 e. The molecule has 0 aliphatic rings. The Morgan fingerprint density at radius 3 is 2.89 bits per heavy atom. The topological polar surface area (TPSA) is 63.3 Å². The Bertz CT molecular complexity index is 889. The van der Waals surface area contributed by atoms with Crippen LogP contribution in [-0.4, -0.2) is 34.2 Å². The number of carbonyl (C=O) groups excluding carboxylic acids is 1. The maximum Gasteiger partial charge on any atom is 0.242 e. The zero-order valence-electron chi connectivity index (χ0n) is 15.5. The van der Waals surface area contributed by atoms with Gasteiger partial charge in [-0.15, -0.1) is 0 Å². The van der Waals surface area contributed by atoms with E-state index in [2.05, 4.69) is 17.3 Å². The van der Waals surface area contributed by atoms with E-state index in [0.29, 0.717) is 12.2 Å². The Kier molecular flexibility index (Phi) is 5.90. The number of likely N-dealkylation sites (N-methyl/N-ethyl adjacent to an activating group) is 1. The summed E-state index contributed by atoms with van der Waals surface area (Å²) in [5, 5.41) is 7.54. The molecule has 1 N–H and O–H groups in total. The fourth-order valence-electron chi connectivity index (χ4n) is 2.86. The number of carbonyl (C=O) groups is 1. The van der Waals surface area contributed by atoms with Crippen LogP contribution in [0.1, 0.15) is 24.8 Å². The van der Waals surface area contributed by atoms with Gasteiger partial charge in [0.15, 0.2) is 0 Å². The third kappa shape index (κ3) is 4.55. The quantitative estimate of drug-likeness (QED) is 0.658. The van der Waals surface area contributed by atoms with Crippen molar-refractivity contribution in [1.29, 1.82) is 0 Å². The van der Waals surface area contributed by atoms with E-state index in [4.69, 9.17) is 4.42 Å². The highest BCUT2D eigenvalue weighted by molar-refractivity contribution is 5.80. The molecule has 7 heteroatoms. The van der Waals surface area contributed by atoms with Gasteiger partial charge in [-0.25, -0.2) is 9.07 Å². The van der Waals surface area contributed by atoms with Crippen LogP contribution < -0.4 is 5.32 Å². The van der Waals surface area contributed by atoms with Gasteiger partial charge in [-0.2, -0.15) is 5.10 Å². The molecule has 1 amide bonds. The summed E-state index contributed by atoms with van der Waals surface area (Å²) in [6.07, 6.45) is 4.93. The number of rotatable bonds is 8. The lowest BCUT2D eigenvalue weighted by Gasteiger charge is -2.17. The van der Waals surface area contributed by atoms with Gasteiger partial charge in [0.2, 0.25) is 5.91 Å². The van der Waals surface area contributed by atoms with Gasteiger partial charge < -0.3 is 14.6 Å². The summed E-state index contributed by atoms with van der Waals surface area (Å²) in [5.74, 6) is 0.360. The third-order valence-corrected chi connectivity index (χ3v) is 4.24. The monoisotopic (exact) mass is 370 g/mol. The van der Waals surface area contributed by atoms with Crippen molar-refractivity contribution in [3.8, 4) is 5.69 Å². The number of hydrogen-bond acceptors (Lipinski definition) is 4. The van der Waals surface area contributed by atoms with Crippen molar-refractivity contribution >= 4 is 11.6 Å². The molecule has 0 unspecified atom stereocenters. The fraction of sp³-hybridized carbons (Fsp3) is 0.300. The van der Waals surface area contributed by atoms with E-state index < -0.39 is 0 Å². The second-order valence-corrected chi connectivity index (χ2v) is 6.33. The van der Waals surface area contributed by atoms with E-state index in [-0.39, 0.29) is 18.3 Å². The van der Waals surface area contributed by atoms with E-state index in [1.54, 1.807) is 47.3 Å². The van der Waals surface area contributed by atoms with Crippen LogP contribution in [0.2, 0.25) is 0 Å². The molecule has 3 aromatic rings. The molecule has 0 aliphatic heterocycles. The van der Waals surface area contributed by atoms with Crippen molar-refractivity contribution in [2.75, 3.05) is 18.9 Å². The van der Waals surface area contributed by atoms with Crippen molar-refractivity contribution in [2.45, 2.75) is 26.3 Å². The average Bonchev–Trinajstić information content (AvgIpc) is 3.30. The number of furan rings is 1. The molecule has 27 heavy (non-hydrogen) atoms. The van der Waals surface area contributed by atoms with Crippen LogP contribution in [0.25, 0.3) is 5.69 Å². The summed E-state index contributed by atoms with van der Waals surface area (Å²) in [7, 11) is 1.73. The normalized spacial score (nSPS) is 10.8. The molecule has 0 atom stereocenters. The largest absolute Gasteiger partial charge is 0.467 e. The fourth-order valence-corrected chi connectivity index (χ4v) is 2.86. The minimum atomic E-state index is -0.310. The maximum absolute atomic E-state index is 13.6. The first-order valence-corrected chi connectivity index (χ1v) is 8.91. The number of amides is 1. The number of anilines is 1. The SMILES string of the molecule is CCCc1c(NCC(=O)N(C)Cc2ccco2)cnn1-c1cccc(F)c1. The van der Waals surface area contributed by atoms with Crippen LogP contribution in [0.3, 0.4) is 0 Å². The predicted molar refractivity (Wildman–Crippen MR) is 101 cm³/mol. The van der Waals surface area contributed by atoms with Crippen LogP contribution in [0.5, 0.6) is 0 Å². The minimum Gasteiger partial charge on any atom is -0.467 e. The van der Waals surface area contributed by atoms with E-state index in [1.165, 1.54) is 12.1 Å². The Hall–Kier alpha value is -3.09. The van der Waals surface area contributed by atoms with Crippen molar-refractivity contribution in [3.63, 3.8) is 0 Å². The van der Waals surface area contributed by atoms with Crippen LogP contribution in [0.15, 0.2) is 53.3 Å². The van der Waals surface area contributed by atoms with Crippen LogP contribution in [0, 0.1) is 5.82 Å². The zero-order valence-corrected chi connectivity index (χ0v) is 15.5. The van der Waals surface area contributed by atoms with E-state index in [9.17, 15) is 9.18 Å². The van der Waals surface area contributed by atoms with Crippen LogP contribution in [0.4, 0.5) is 10.1 Å². The van der Waals surface area contributed by atoms with Gasteiger partial charge in [-0.1, -0.05) is 19.4 Å². The van der Waals surface area contributed by atoms with Crippen molar-refractivity contribution in [3.05, 3.63) is 66.1 Å². The van der Waals surface area contributed by atoms with Crippen molar-refractivity contribution < 1.29 is 13.6 Å². The molecule has 2 heterocycles. The highest BCUT2D eigenvalue weighted by atomic mass is 19.1. The van der Waals surface area contributed by atoms with Gasteiger partial charge in [0.25, 0.3) is 0 Å². The second-order valence-electron chi connectivity index (χ2n) is 6.33. The van der Waals surface area contributed by atoms with Crippen LogP contribution in [-0.2, 0) is 17.8 Å². The van der Waals surface area contributed by atoms with Crippen molar-refractivity contribution in [2.24, 2.45) is 0 Å². The lowest BCUT2D eigenvalue weighted by atomic mass is 10.2. The van der Waals surface area contributed by atoms with Gasteiger partial charge in [0.05, 0.1) is 42.6 Å². The van der Waals surface area contributed by atoms with Gasteiger partial charge in [0, 0.05) is 7.05 Å². The number of aromatic nitrogens is 2. The molecule has 0 spiro atoms. The first-order chi connectivity index (χ1) is 13.1. The number of nitrogens with one attached hydrogen (secondary N) is 1. The molecule has 0 bridgehead atoms. The Morgan fingerprint density at radius 1 is 1.33 bits per heavy atom. The molecule has 1 aromatic carbocycles. The van der Waals surface area contributed by atoms with E-state index in [0.717, 1.165) is 30.0 Å². The molecule has 3 rings (SSSR count). The zero-order chi connectivity index (χ0) is 19.2. The molecule has 142 valence electrons. The molecule has 6 nitrogen and oxygen atoms in total. The summed E-state index contributed by atoms with van der Waals surface area (Å²) in [4.78, 5) is 14.0. The number of benzene rings is 1. The molecule has 0 aliphatic carbocycles. The standard InChI is InChI=1S/C20H23FN4O2/c1-3-6-19-18(12-23-25(19)16-8-4-7-15(21)11-16)22-13-20(26)24(2)14-17-9-5-10-27-17/h4-5,7-12,22H,3,6,13-14H2,1-2H3. The van der Waals surface area contributed by atoms with Crippen LogP contribution >= 0.6 is 0 Å². The number of hydrogen-bond donors (Lipinski definition) is 1. The molecule has 0 saturated heterocycles. The highest BCUT2D eigenvalue weighted by Gasteiger charge is 2.15. The molecular weight excluding hydrogens is 347 g/mol. The molecule has 0 fully saturated rings.